The minimum atomic E-state index is -0.345. The molecule has 0 saturated heterocycles. The molecule has 0 radical (unpaired) electrons. The van der Waals surface area contributed by atoms with Crippen LogP contribution in [0.25, 0.3) is 11.5 Å². The highest BCUT2D eigenvalue weighted by molar-refractivity contribution is 7.99. The Morgan fingerprint density at radius 1 is 1.29 bits per heavy atom. The van der Waals surface area contributed by atoms with E-state index in [9.17, 15) is 9.18 Å². The molecule has 2 heterocycles. The molecule has 3 aromatic rings. The number of thioether (sulfide) groups is 1. The first-order valence-corrected chi connectivity index (χ1v) is 8.13. The molecule has 0 aliphatic rings. The van der Waals surface area contributed by atoms with Gasteiger partial charge in [0.1, 0.15) is 11.6 Å². The van der Waals surface area contributed by atoms with Crippen LogP contribution in [0.5, 0.6) is 0 Å². The van der Waals surface area contributed by atoms with Gasteiger partial charge in [-0.25, -0.2) is 4.39 Å². The fourth-order valence-electron chi connectivity index (χ4n) is 2.00. The van der Waals surface area contributed by atoms with E-state index in [1.165, 1.54) is 12.3 Å². The summed E-state index contributed by atoms with van der Waals surface area (Å²) in [6.45, 7) is 1.93. The fraction of sp³-hybridized carbons (Fsp3) is 0.188. The van der Waals surface area contributed by atoms with Crippen LogP contribution < -0.4 is 5.32 Å². The summed E-state index contributed by atoms with van der Waals surface area (Å²) in [7, 11) is 0. The predicted molar refractivity (Wildman–Crippen MR) is 85.7 cm³/mol. The Morgan fingerprint density at radius 3 is 2.88 bits per heavy atom. The Kier molecular flexibility index (Phi) is 4.95. The summed E-state index contributed by atoms with van der Waals surface area (Å²) in [5.41, 5.74) is 1.16. The summed E-state index contributed by atoms with van der Waals surface area (Å²) >= 11 is 1.12. The molecule has 2 aromatic heterocycles. The van der Waals surface area contributed by atoms with Gasteiger partial charge in [0.25, 0.3) is 11.1 Å². The van der Waals surface area contributed by atoms with Crippen LogP contribution in [0.4, 0.5) is 4.39 Å². The number of nitrogens with zero attached hydrogens (tertiary/aromatic N) is 2. The molecule has 0 aliphatic heterocycles. The van der Waals surface area contributed by atoms with Gasteiger partial charge >= 0.3 is 0 Å². The van der Waals surface area contributed by atoms with Gasteiger partial charge in [-0.3, -0.25) is 4.79 Å². The number of hydrogen-bond donors (Lipinski definition) is 1. The lowest BCUT2D eigenvalue weighted by Gasteiger charge is -2.05. The third-order valence-electron chi connectivity index (χ3n) is 3.26. The molecule has 8 heteroatoms. The van der Waals surface area contributed by atoms with Crippen molar-refractivity contribution < 1.29 is 18.0 Å². The number of carbonyl (C=O) groups is 1. The number of amides is 1. The van der Waals surface area contributed by atoms with Crippen molar-refractivity contribution in [3.05, 3.63) is 53.7 Å². The quantitative estimate of drug-likeness (QED) is 0.690. The van der Waals surface area contributed by atoms with Crippen molar-refractivity contribution in [2.75, 3.05) is 5.75 Å². The molecular weight excluding hydrogens is 333 g/mol. The first-order chi connectivity index (χ1) is 11.6. The molecule has 0 aliphatic carbocycles. The van der Waals surface area contributed by atoms with Crippen LogP contribution in [0.2, 0.25) is 0 Å². The van der Waals surface area contributed by atoms with Crippen molar-refractivity contribution in [1.82, 2.24) is 15.5 Å². The van der Waals surface area contributed by atoms with Crippen LogP contribution in [0, 0.1) is 12.7 Å². The van der Waals surface area contributed by atoms with Crippen LogP contribution in [0.15, 0.2) is 50.7 Å². The first-order valence-electron chi connectivity index (χ1n) is 7.14. The lowest BCUT2D eigenvalue weighted by molar-refractivity contribution is -0.118. The number of hydrogen-bond acceptors (Lipinski definition) is 6. The molecule has 0 bridgehead atoms. The summed E-state index contributed by atoms with van der Waals surface area (Å²) in [6.07, 6.45) is 1.54. The van der Waals surface area contributed by atoms with Gasteiger partial charge in [0.15, 0.2) is 0 Å². The maximum Gasteiger partial charge on any atom is 0.277 e. The summed E-state index contributed by atoms with van der Waals surface area (Å²) < 4.78 is 24.1. The van der Waals surface area contributed by atoms with E-state index in [0.717, 1.165) is 17.3 Å². The predicted octanol–water partition coefficient (Wildman–Crippen LogP) is 3.19. The summed E-state index contributed by atoms with van der Waals surface area (Å²) in [5, 5.41) is 10.7. The van der Waals surface area contributed by atoms with Crippen LogP contribution >= 0.6 is 11.8 Å². The zero-order valence-electron chi connectivity index (χ0n) is 12.8. The van der Waals surface area contributed by atoms with Crippen molar-refractivity contribution in [1.29, 1.82) is 0 Å². The van der Waals surface area contributed by atoms with Crippen molar-refractivity contribution in [3.63, 3.8) is 0 Å². The third-order valence-corrected chi connectivity index (χ3v) is 4.07. The maximum atomic E-state index is 13.5. The van der Waals surface area contributed by atoms with E-state index in [-0.39, 0.29) is 29.2 Å². The molecule has 1 N–H and O–H groups in total. The van der Waals surface area contributed by atoms with E-state index in [1.54, 1.807) is 31.2 Å². The second-order valence-electron chi connectivity index (χ2n) is 4.92. The highest BCUT2D eigenvalue weighted by atomic mass is 32.2. The van der Waals surface area contributed by atoms with Crippen LogP contribution in [-0.4, -0.2) is 21.9 Å². The first kappa shape index (κ1) is 16.3. The summed E-state index contributed by atoms with van der Waals surface area (Å²) in [5.74, 6) is 0.527. The van der Waals surface area contributed by atoms with Gasteiger partial charge in [-0.2, -0.15) is 0 Å². The molecule has 1 amide bonds. The second kappa shape index (κ2) is 7.31. The van der Waals surface area contributed by atoms with Crippen LogP contribution in [-0.2, 0) is 11.3 Å². The zero-order chi connectivity index (χ0) is 16.9. The molecular formula is C16H14FN3O3S. The SMILES string of the molecule is Cc1occc1-c1nnc(SCC(=O)NCc2ccccc2F)o1. The number of furan rings is 1. The molecule has 3 rings (SSSR count). The molecule has 6 nitrogen and oxygen atoms in total. The topological polar surface area (TPSA) is 81.2 Å². The molecule has 0 fully saturated rings. The molecule has 0 spiro atoms. The smallest absolute Gasteiger partial charge is 0.277 e. The lowest BCUT2D eigenvalue weighted by atomic mass is 10.2. The minimum Gasteiger partial charge on any atom is -0.469 e. The van der Waals surface area contributed by atoms with E-state index in [0.29, 0.717) is 17.2 Å². The van der Waals surface area contributed by atoms with Crippen LogP contribution in [0.3, 0.4) is 0 Å². The monoisotopic (exact) mass is 347 g/mol. The van der Waals surface area contributed by atoms with Crippen LogP contribution in [0.1, 0.15) is 11.3 Å². The Labute approximate surface area is 141 Å². The average Bonchev–Trinajstić information content (AvgIpc) is 3.20. The molecule has 0 unspecified atom stereocenters. The van der Waals surface area contributed by atoms with Gasteiger partial charge in [0, 0.05) is 12.1 Å². The molecule has 124 valence electrons. The Hall–Kier alpha value is -2.61. The highest BCUT2D eigenvalue weighted by Crippen LogP contribution is 2.26. The van der Waals surface area contributed by atoms with Crippen molar-refractivity contribution in [2.24, 2.45) is 0 Å². The number of carbonyl (C=O) groups excluding carboxylic acids is 1. The van der Waals surface area contributed by atoms with Gasteiger partial charge in [0.05, 0.1) is 17.6 Å². The van der Waals surface area contributed by atoms with Gasteiger partial charge in [-0.15, -0.1) is 10.2 Å². The van der Waals surface area contributed by atoms with E-state index in [4.69, 9.17) is 8.83 Å². The van der Waals surface area contributed by atoms with Gasteiger partial charge in [-0.05, 0) is 19.1 Å². The Bertz CT molecular complexity index is 846. The maximum absolute atomic E-state index is 13.5. The van der Waals surface area contributed by atoms with Crippen molar-refractivity contribution in [2.45, 2.75) is 18.7 Å². The fourth-order valence-corrected chi connectivity index (χ4v) is 2.59. The third kappa shape index (κ3) is 3.83. The number of nitrogens with one attached hydrogen (secondary N) is 1. The van der Waals surface area contributed by atoms with Crippen molar-refractivity contribution >= 4 is 17.7 Å². The number of aromatic nitrogens is 2. The average molecular weight is 347 g/mol. The van der Waals surface area contributed by atoms with E-state index >= 15 is 0 Å². The molecule has 0 saturated carbocycles. The van der Waals surface area contributed by atoms with Crippen molar-refractivity contribution in [3.8, 4) is 11.5 Å². The second-order valence-corrected chi connectivity index (χ2v) is 5.85. The van der Waals surface area contributed by atoms with Gasteiger partial charge in [0.2, 0.25) is 5.91 Å². The summed E-state index contributed by atoms with van der Waals surface area (Å²) in [4.78, 5) is 11.8. The molecule has 1 aromatic carbocycles. The molecule has 24 heavy (non-hydrogen) atoms. The summed E-state index contributed by atoms with van der Waals surface area (Å²) in [6, 6.07) is 8.04. The minimum absolute atomic E-state index is 0.0977. The van der Waals surface area contributed by atoms with E-state index in [2.05, 4.69) is 15.5 Å². The number of aryl methyl sites for hydroxylation is 1. The number of halogens is 1. The van der Waals surface area contributed by atoms with Gasteiger partial charge < -0.3 is 14.2 Å². The lowest BCUT2D eigenvalue weighted by Crippen LogP contribution is -2.25. The highest BCUT2D eigenvalue weighted by Gasteiger charge is 2.14. The zero-order valence-corrected chi connectivity index (χ0v) is 13.6. The largest absolute Gasteiger partial charge is 0.469 e. The van der Waals surface area contributed by atoms with E-state index < -0.39 is 0 Å². The molecule has 0 atom stereocenters. The number of rotatable bonds is 6. The number of benzene rings is 1. The Morgan fingerprint density at radius 2 is 2.12 bits per heavy atom. The standard InChI is InChI=1S/C16H14FN3O3S/c1-10-12(6-7-22-10)15-19-20-16(23-15)24-9-14(21)18-8-11-4-2-3-5-13(11)17/h2-7H,8-9H2,1H3,(H,18,21). The van der Waals surface area contributed by atoms with E-state index in [1.807, 2.05) is 0 Å². The normalized spacial score (nSPS) is 10.8. The Balaban J connectivity index is 1.51. The van der Waals surface area contributed by atoms with Gasteiger partial charge in [-0.1, -0.05) is 30.0 Å².